The van der Waals surface area contributed by atoms with Gasteiger partial charge in [0.05, 0.1) is 0 Å². The fraction of sp³-hybridized carbons (Fsp3) is 0. The summed E-state index contributed by atoms with van der Waals surface area (Å²) in [5.41, 5.74) is 1.02. The summed E-state index contributed by atoms with van der Waals surface area (Å²) < 4.78 is 4.60. The van der Waals surface area contributed by atoms with Crippen molar-refractivity contribution in [2.45, 2.75) is 0 Å². The molecule has 0 unspecified atom stereocenters. The minimum Gasteiger partial charge on any atom is -0.478 e. The van der Waals surface area contributed by atoms with Gasteiger partial charge < -0.3 is 14.9 Å². The molecular weight excluding hydrogens is 248 g/mol. The van der Waals surface area contributed by atoms with Gasteiger partial charge in [0, 0.05) is 17.7 Å². The molecule has 0 bridgehead atoms. The number of hydrogen-bond acceptors (Lipinski definition) is 4. The summed E-state index contributed by atoms with van der Waals surface area (Å²) in [6.07, 6.45) is 3.77. The molecule has 1 heterocycles. The molecule has 6 nitrogen and oxygen atoms in total. The van der Waals surface area contributed by atoms with E-state index in [0.717, 1.165) is 6.08 Å². The standard InChI is InChI=1S/C13H10N2O4/c16-12(17)5-4-9-2-1-3-10(8-9)13(18)14-11-6-7-19-15-11/h1-8H,(H,16,17)(H,14,15,18). The number of anilines is 1. The SMILES string of the molecule is O=C(O)C=Cc1cccc(C(=O)Nc2ccon2)c1. The van der Waals surface area contributed by atoms with Crippen LogP contribution in [0.1, 0.15) is 15.9 Å². The molecule has 0 radical (unpaired) electrons. The monoisotopic (exact) mass is 258 g/mol. The van der Waals surface area contributed by atoms with Gasteiger partial charge in [0.2, 0.25) is 0 Å². The van der Waals surface area contributed by atoms with Crippen molar-refractivity contribution in [1.82, 2.24) is 5.16 Å². The van der Waals surface area contributed by atoms with Crippen LogP contribution in [0.5, 0.6) is 0 Å². The molecule has 0 saturated carbocycles. The summed E-state index contributed by atoms with van der Waals surface area (Å²) in [4.78, 5) is 22.3. The van der Waals surface area contributed by atoms with E-state index in [0.29, 0.717) is 16.9 Å². The highest BCUT2D eigenvalue weighted by Gasteiger charge is 2.07. The molecule has 0 aliphatic heterocycles. The number of carbonyl (C=O) groups is 2. The van der Waals surface area contributed by atoms with Crippen LogP contribution < -0.4 is 5.32 Å². The Kier molecular flexibility index (Phi) is 3.72. The lowest BCUT2D eigenvalue weighted by Gasteiger charge is -2.02. The van der Waals surface area contributed by atoms with E-state index in [-0.39, 0.29) is 5.91 Å². The lowest BCUT2D eigenvalue weighted by Crippen LogP contribution is -2.12. The van der Waals surface area contributed by atoms with Crippen molar-refractivity contribution in [3.8, 4) is 0 Å². The average molecular weight is 258 g/mol. The molecule has 0 saturated heterocycles. The molecule has 1 aromatic heterocycles. The van der Waals surface area contributed by atoms with Gasteiger partial charge in [0.15, 0.2) is 5.82 Å². The van der Waals surface area contributed by atoms with Crippen LogP contribution in [0.25, 0.3) is 6.08 Å². The van der Waals surface area contributed by atoms with Crippen LogP contribution in [0.3, 0.4) is 0 Å². The molecule has 0 spiro atoms. The highest BCUT2D eigenvalue weighted by atomic mass is 16.5. The van der Waals surface area contributed by atoms with E-state index < -0.39 is 5.97 Å². The Hall–Kier alpha value is -2.89. The molecule has 19 heavy (non-hydrogen) atoms. The number of carboxylic acids is 1. The van der Waals surface area contributed by atoms with Gasteiger partial charge in [-0.3, -0.25) is 4.79 Å². The third kappa shape index (κ3) is 3.53. The summed E-state index contributed by atoms with van der Waals surface area (Å²) in [7, 11) is 0. The summed E-state index contributed by atoms with van der Waals surface area (Å²) in [5.74, 6) is -1.08. The number of hydrogen-bond donors (Lipinski definition) is 2. The maximum Gasteiger partial charge on any atom is 0.328 e. The molecule has 0 atom stereocenters. The van der Waals surface area contributed by atoms with Gasteiger partial charge >= 0.3 is 5.97 Å². The first-order valence-electron chi connectivity index (χ1n) is 5.38. The number of nitrogens with one attached hydrogen (secondary N) is 1. The van der Waals surface area contributed by atoms with Crippen LogP contribution in [0.4, 0.5) is 5.82 Å². The maximum atomic E-state index is 11.9. The van der Waals surface area contributed by atoms with E-state index >= 15 is 0 Å². The second kappa shape index (κ2) is 5.63. The molecule has 0 fully saturated rings. The van der Waals surface area contributed by atoms with Gasteiger partial charge in [-0.2, -0.15) is 0 Å². The number of nitrogens with zero attached hydrogens (tertiary/aromatic N) is 1. The maximum absolute atomic E-state index is 11.9. The topological polar surface area (TPSA) is 92.4 Å². The molecule has 2 rings (SSSR count). The quantitative estimate of drug-likeness (QED) is 0.818. The number of benzene rings is 1. The molecule has 2 N–H and O–H groups in total. The normalized spacial score (nSPS) is 10.5. The van der Waals surface area contributed by atoms with Crippen LogP contribution >= 0.6 is 0 Å². The number of amides is 1. The van der Waals surface area contributed by atoms with E-state index in [4.69, 9.17) is 5.11 Å². The minimum absolute atomic E-state index is 0.316. The first kappa shape index (κ1) is 12.6. The van der Waals surface area contributed by atoms with E-state index in [2.05, 4.69) is 15.0 Å². The fourth-order valence-corrected chi connectivity index (χ4v) is 1.42. The summed E-state index contributed by atoms with van der Waals surface area (Å²) >= 11 is 0. The number of aliphatic carboxylic acids is 1. The van der Waals surface area contributed by atoms with Crippen molar-refractivity contribution >= 4 is 23.8 Å². The zero-order chi connectivity index (χ0) is 13.7. The Morgan fingerprint density at radius 1 is 1.32 bits per heavy atom. The number of rotatable bonds is 4. The fourth-order valence-electron chi connectivity index (χ4n) is 1.42. The van der Waals surface area contributed by atoms with E-state index in [1.165, 1.54) is 18.4 Å². The van der Waals surface area contributed by atoms with E-state index in [1.54, 1.807) is 24.3 Å². The Balaban J connectivity index is 2.14. The summed E-state index contributed by atoms with van der Waals surface area (Å²) in [6.45, 7) is 0. The van der Waals surface area contributed by atoms with Crippen LogP contribution in [0.15, 0.2) is 47.2 Å². The Bertz CT molecular complexity index is 617. The second-order valence-electron chi connectivity index (χ2n) is 3.64. The molecule has 1 amide bonds. The zero-order valence-electron chi connectivity index (χ0n) is 9.74. The van der Waals surface area contributed by atoms with E-state index in [1.807, 2.05) is 0 Å². The van der Waals surface area contributed by atoms with Gasteiger partial charge in [0.25, 0.3) is 5.91 Å². The van der Waals surface area contributed by atoms with Crippen LogP contribution in [0.2, 0.25) is 0 Å². The lowest BCUT2D eigenvalue weighted by molar-refractivity contribution is -0.131. The first-order valence-corrected chi connectivity index (χ1v) is 5.38. The molecule has 0 aliphatic rings. The predicted molar refractivity (Wildman–Crippen MR) is 67.6 cm³/mol. The predicted octanol–water partition coefficient (Wildman–Crippen LogP) is 2.02. The van der Waals surface area contributed by atoms with Crippen LogP contribution in [0, 0.1) is 0 Å². The molecule has 0 aliphatic carbocycles. The van der Waals surface area contributed by atoms with Crippen molar-refractivity contribution < 1.29 is 19.2 Å². The largest absolute Gasteiger partial charge is 0.478 e. The van der Waals surface area contributed by atoms with Gasteiger partial charge in [0.1, 0.15) is 6.26 Å². The Labute approximate surface area is 108 Å². The second-order valence-corrected chi connectivity index (χ2v) is 3.64. The van der Waals surface area contributed by atoms with Crippen molar-refractivity contribution in [2.24, 2.45) is 0 Å². The minimum atomic E-state index is -1.04. The first-order chi connectivity index (χ1) is 9.15. The van der Waals surface area contributed by atoms with E-state index in [9.17, 15) is 9.59 Å². The van der Waals surface area contributed by atoms with Crippen LogP contribution in [-0.2, 0) is 4.79 Å². The average Bonchev–Trinajstić information content (AvgIpc) is 2.89. The van der Waals surface area contributed by atoms with Gasteiger partial charge in [-0.15, -0.1) is 0 Å². The van der Waals surface area contributed by atoms with Gasteiger partial charge in [-0.25, -0.2) is 4.79 Å². The van der Waals surface area contributed by atoms with Crippen molar-refractivity contribution in [2.75, 3.05) is 5.32 Å². The zero-order valence-corrected chi connectivity index (χ0v) is 9.74. The number of carboxylic acid groups (broad SMARTS) is 1. The Morgan fingerprint density at radius 2 is 2.16 bits per heavy atom. The molecule has 6 heteroatoms. The van der Waals surface area contributed by atoms with Crippen molar-refractivity contribution in [3.05, 3.63) is 53.8 Å². The summed E-state index contributed by atoms with van der Waals surface area (Å²) in [5, 5.41) is 14.7. The smallest absolute Gasteiger partial charge is 0.328 e. The Morgan fingerprint density at radius 3 is 2.84 bits per heavy atom. The highest BCUT2D eigenvalue weighted by molar-refractivity contribution is 6.04. The van der Waals surface area contributed by atoms with Gasteiger partial charge in [-0.05, 0) is 23.8 Å². The van der Waals surface area contributed by atoms with Crippen LogP contribution in [-0.4, -0.2) is 22.1 Å². The molecule has 96 valence electrons. The highest BCUT2D eigenvalue weighted by Crippen LogP contribution is 2.10. The molecule has 1 aromatic carbocycles. The van der Waals surface area contributed by atoms with Gasteiger partial charge in [-0.1, -0.05) is 17.3 Å². The van der Waals surface area contributed by atoms with Crippen molar-refractivity contribution in [1.29, 1.82) is 0 Å². The van der Waals surface area contributed by atoms with Crippen molar-refractivity contribution in [3.63, 3.8) is 0 Å². The number of aromatic nitrogens is 1. The third-order valence-electron chi connectivity index (χ3n) is 2.25. The molecular formula is C13H10N2O4. The summed E-state index contributed by atoms with van der Waals surface area (Å²) in [6, 6.07) is 8.08. The molecule has 2 aromatic rings. The lowest BCUT2D eigenvalue weighted by atomic mass is 10.1. The number of carbonyl (C=O) groups excluding carboxylic acids is 1. The third-order valence-corrected chi connectivity index (χ3v) is 2.25.